The second-order valence-corrected chi connectivity index (χ2v) is 10.6. The van der Waals surface area contributed by atoms with Crippen molar-refractivity contribution in [1.82, 2.24) is 16.1 Å². The first-order valence-electron chi connectivity index (χ1n) is 14.1. The number of hydrazone groups is 1. The van der Waals surface area contributed by atoms with Crippen molar-refractivity contribution in [1.29, 1.82) is 0 Å². The maximum absolute atomic E-state index is 12.5. The predicted molar refractivity (Wildman–Crippen MR) is 173 cm³/mol. The highest BCUT2D eigenvalue weighted by Gasteiger charge is 2.32. The largest absolute Gasteiger partial charge is 0.493 e. The molecule has 4 N–H and O–H groups in total. The molecule has 12 nitrogen and oxygen atoms in total. The monoisotopic (exact) mass is 672 g/mol. The van der Waals surface area contributed by atoms with Crippen molar-refractivity contribution in [2.45, 2.75) is 32.7 Å². The number of carbonyl (C=O) groups excluding carboxylic acids is 2. The van der Waals surface area contributed by atoms with E-state index in [2.05, 4.69) is 21.2 Å². The SMILES string of the molecule is CCOc1cc([C@H]2NC(=O)NC(C)=C2C(=O)OC)ccc1OC[C@H](O)N/N=C\c1cc(Cl)c(OCc2ccccc2Cl)c(OC)c1. The Morgan fingerprint density at radius 3 is 2.54 bits per heavy atom. The average molecular weight is 674 g/mol. The lowest BCUT2D eigenvalue weighted by molar-refractivity contribution is -0.136. The zero-order chi connectivity index (χ0) is 33.2. The molecule has 1 heterocycles. The number of carbonyl (C=O) groups is 2. The van der Waals surface area contributed by atoms with Crippen LogP contribution in [0.25, 0.3) is 0 Å². The fourth-order valence-electron chi connectivity index (χ4n) is 4.54. The second-order valence-electron chi connectivity index (χ2n) is 9.83. The number of aliphatic hydroxyl groups excluding tert-OH is 1. The molecule has 0 spiro atoms. The van der Waals surface area contributed by atoms with Crippen molar-refractivity contribution in [2.75, 3.05) is 27.4 Å². The molecule has 0 saturated carbocycles. The van der Waals surface area contributed by atoms with Crippen LogP contribution in [0.5, 0.6) is 23.0 Å². The summed E-state index contributed by atoms with van der Waals surface area (Å²) in [6.07, 6.45) is 0.263. The van der Waals surface area contributed by atoms with Gasteiger partial charge in [-0.1, -0.05) is 47.5 Å². The number of aliphatic hydroxyl groups is 1. The highest BCUT2D eigenvalue weighted by Crippen LogP contribution is 2.37. The molecule has 3 aromatic carbocycles. The van der Waals surface area contributed by atoms with E-state index in [4.69, 9.17) is 46.9 Å². The summed E-state index contributed by atoms with van der Waals surface area (Å²) in [5.74, 6) is 0.851. The Kier molecular flexibility index (Phi) is 12.0. The Morgan fingerprint density at radius 1 is 1.04 bits per heavy atom. The van der Waals surface area contributed by atoms with Gasteiger partial charge in [0.25, 0.3) is 0 Å². The second kappa shape index (κ2) is 16.1. The van der Waals surface area contributed by atoms with Crippen LogP contribution in [-0.4, -0.2) is 57.0 Å². The fourth-order valence-corrected chi connectivity index (χ4v) is 5.00. The van der Waals surface area contributed by atoms with E-state index in [9.17, 15) is 14.7 Å². The molecule has 0 fully saturated rings. The average Bonchev–Trinajstić information content (AvgIpc) is 3.03. The zero-order valence-corrected chi connectivity index (χ0v) is 27.1. The van der Waals surface area contributed by atoms with Gasteiger partial charge in [-0.15, -0.1) is 0 Å². The van der Waals surface area contributed by atoms with Crippen LogP contribution in [0.1, 0.15) is 36.6 Å². The van der Waals surface area contributed by atoms with Gasteiger partial charge in [0.1, 0.15) is 13.2 Å². The number of amides is 2. The summed E-state index contributed by atoms with van der Waals surface area (Å²) in [6, 6.07) is 14.4. The third-order valence-corrected chi connectivity index (χ3v) is 7.34. The number of urea groups is 1. The van der Waals surface area contributed by atoms with E-state index in [-0.39, 0.29) is 18.8 Å². The number of halogens is 2. The molecule has 46 heavy (non-hydrogen) atoms. The summed E-state index contributed by atoms with van der Waals surface area (Å²) >= 11 is 12.7. The van der Waals surface area contributed by atoms with Crippen LogP contribution in [0.4, 0.5) is 4.79 Å². The van der Waals surface area contributed by atoms with Gasteiger partial charge in [0.2, 0.25) is 0 Å². The number of allylic oxidation sites excluding steroid dienone is 1. The minimum Gasteiger partial charge on any atom is -0.493 e. The molecule has 0 radical (unpaired) electrons. The van der Waals surface area contributed by atoms with E-state index in [1.165, 1.54) is 20.4 Å². The molecule has 0 bridgehead atoms. The van der Waals surface area contributed by atoms with E-state index in [0.717, 1.165) is 5.56 Å². The summed E-state index contributed by atoms with van der Waals surface area (Å²) in [5, 5.41) is 20.7. The Morgan fingerprint density at radius 2 is 1.83 bits per heavy atom. The number of esters is 1. The van der Waals surface area contributed by atoms with Gasteiger partial charge in [-0.05, 0) is 55.3 Å². The lowest BCUT2D eigenvalue weighted by atomic mass is 9.95. The van der Waals surface area contributed by atoms with Crippen LogP contribution in [0.3, 0.4) is 0 Å². The maximum Gasteiger partial charge on any atom is 0.337 e. The number of hydrogen-bond donors (Lipinski definition) is 4. The first-order valence-corrected chi connectivity index (χ1v) is 14.9. The van der Waals surface area contributed by atoms with Gasteiger partial charge < -0.3 is 39.4 Å². The Balaban J connectivity index is 1.39. The van der Waals surface area contributed by atoms with Gasteiger partial charge in [0.05, 0.1) is 43.7 Å². The molecule has 244 valence electrons. The summed E-state index contributed by atoms with van der Waals surface area (Å²) < 4.78 is 27.8. The smallest absolute Gasteiger partial charge is 0.337 e. The molecular formula is C32H34Cl2N4O8. The molecule has 14 heteroatoms. The van der Waals surface area contributed by atoms with Crippen LogP contribution >= 0.6 is 23.2 Å². The number of hydrogen-bond acceptors (Lipinski definition) is 10. The summed E-state index contributed by atoms with van der Waals surface area (Å²) in [4.78, 5) is 24.6. The molecular weight excluding hydrogens is 639 g/mol. The van der Waals surface area contributed by atoms with E-state index in [0.29, 0.717) is 56.5 Å². The quantitative estimate of drug-likeness (QED) is 0.0794. The van der Waals surface area contributed by atoms with Crippen molar-refractivity contribution in [3.05, 3.63) is 92.6 Å². The molecule has 1 aliphatic rings. The number of methoxy groups -OCH3 is 2. The first kappa shape index (κ1) is 34.2. The van der Waals surface area contributed by atoms with Crippen molar-refractivity contribution in [3.8, 4) is 23.0 Å². The van der Waals surface area contributed by atoms with Gasteiger partial charge in [-0.2, -0.15) is 5.10 Å². The molecule has 0 aliphatic carbocycles. The van der Waals surface area contributed by atoms with Crippen molar-refractivity contribution >= 4 is 41.4 Å². The lowest BCUT2D eigenvalue weighted by Crippen LogP contribution is -2.45. The van der Waals surface area contributed by atoms with Crippen molar-refractivity contribution in [3.63, 3.8) is 0 Å². The van der Waals surface area contributed by atoms with Crippen molar-refractivity contribution in [2.24, 2.45) is 5.10 Å². The van der Waals surface area contributed by atoms with Crippen LogP contribution < -0.4 is 35.0 Å². The number of nitrogens with zero attached hydrogens (tertiary/aromatic N) is 1. The lowest BCUT2D eigenvalue weighted by Gasteiger charge is -2.28. The minimum atomic E-state index is -1.19. The fraction of sp³-hybridized carbons (Fsp3) is 0.281. The third kappa shape index (κ3) is 8.53. The Hall–Kier alpha value is -4.65. The normalized spacial score (nSPS) is 15.1. The molecule has 4 rings (SSSR count). The predicted octanol–water partition coefficient (Wildman–Crippen LogP) is 5.10. The molecule has 0 saturated heterocycles. The summed E-state index contributed by atoms with van der Waals surface area (Å²) in [5.41, 5.74) is 5.19. The van der Waals surface area contributed by atoms with E-state index in [1.807, 2.05) is 18.2 Å². The first-order chi connectivity index (χ1) is 22.1. The van der Waals surface area contributed by atoms with Gasteiger partial charge >= 0.3 is 12.0 Å². The molecule has 2 amide bonds. The van der Waals surface area contributed by atoms with E-state index >= 15 is 0 Å². The van der Waals surface area contributed by atoms with Crippen LogP contribution in [0, 0.1) is 0 Å². The van der Waals surface area contributed by atoms with Gasteiger partial charge in [-0.25, -0.2) is 9.59 Å². The molecule has 1 aliphatic heterocycles. The van der Waals surface area contributed by atoms with Gasteiger partial charge in [-0.3, -0.25) is 5.43 Å². The minimum absolute atomic E-state index is 0.188. The van der Waals surface area contributed by atoms with E-state index < -0.39 is 24.3 Å². The highest BCUT2D eigenvalue weighted by atomic mass is 35.5. The summed E-state index contributed by atoms with van der Waals surface area (Å²) in [7, 11) is 2.76. The standard InChI is InChI=1S/C32H34Cl2N4O8/c1-5-44-25-14-20(29-28(31(40)43-4)18(2)36-32(41)37-29)10-11-24(25)45-17-27(39)38-35-15-19-12-23(34)30(26(13-19)42-3)46-16-21-8-6-7-9-22(21)33/h6-15,27,29,38-39H,5,16-17H2,1-4H3,(H2,36,37,41)/b35-15-/t27-,29+/m0/s1. The molecule has 0 aromatic heterocycles. The number of benzene rings is 3. The Labute approximate surface area is 276 Å². The van der Waals surface area contributed by atoms with Crippen LogP contribution in [-0.2, 0) is 16.1 Å². The molecule has 2 atom stereocenters. The van der Waals surface area contributed by atoms with Gasteiger partial charge in [0, 0.05) is 16.3 Å². The number of nitrogens with one attached hydrogen (secondary N) is 3. The van der Waals surface area contributed by atoms with Crippen LogP contribution in [0.15, 0.2) is 71.0 Å². The topological polar surface area (TPSA) is 149 Å². The maximum atomic E-state index is 12.5. The number of rotatable bonds is 14. The zero-order valence-electron chi connectivity index (χ0n) is 25.6. The van der Waals surface area contributed by atoms with E-state index in [1.54, 1.807) is 50.2 Å². The van der Waals surface area contributed by atoms with Crippen LogP contribution in [0.2, 0.25) is 10.0 Å². The Bertz CT molecular complexity index is 1630. The third-order valence-electron chi connectivity index (χ3n) is 6.69. The van der Waals surface area contributed by atoms with Crippen molar-refractivity contribution < 1.29 is 38.4 Å². The molecule has 0 unspecified atom stereocenters. The number of ether oxygens (including phenoxy) is 5. The molecule has 3 aromatic rings. The highest BCUT2D eigenvalue weighted by molar-refractivity contribution is 6.32. The summed E-state index contributed by atoms with van der Waals surface area (Å²) in [6.45, 7) is 3.75. The van der Waals surface area contributed by atoms with Gasteiger partial charge in [0.15, 0.2) is 29.2 Å².